The summed E-state index contributed by atoms with van der Waals surface area (Å²) in [6.45, 7) is 2.41. The molecule has 1 amide bonds. The van der Waals surface area contributed by atoms with Gasteiger partial charge in [0, 0.05) is 20.0 Å². The van der Waals surface area contributed by atoms with Crippen molar-refractivity contribution < 1.29 is 4.79 Å². The second-order valence-electron chi connectivity index (χ2n) is 5.35. The molecule has 3 heteroatoms. The molecule has 1 saturated carbocycles. The van der Waals surface area contributed by atoms with Gasteiger partial charge in [0.1, 0.15) is 0 Å². The summed E-state index contributed by atoms with van der Waals surface area (Å²) in [6.07, 6.45) is 8.31. The molecule has 0 heterocycles. The summed E-state index contributed by atoms with van der Waals surface area (Å²) in [5.41, 5.74) is 0. The first-order valence-corrected chi connectivity index (χ1v) is 6.77. The molecule has 0 N–H and O–H groups in total. The van der Waals surface area contributed by atoms with Gasteiger partial charge in [-0.1, -0.05) is 32.1 Å². The van der Waals surface area contributed by atoms with E-state index in [1.54, 1.807) is 11.9 Å². The molecular formula is C14H24N2O. The highest BCUT2D eigenvalue weighted by molar-refractivity contribution is 5.75. The number of nitriles is 1. The second-order valence-corrected chi connectivity index (χ2v) is 5.35. The highest BCUT2D eigenvalue weighted by Gasteiger charge is 2.17. The minimum atomic E-state index is -0.0707. The van der Waals surface area contributed by atoms with Crippen LogP contribution in [0.5, 0.6) is 0 Å². The normalized spacial score (nSPS) is 18.4. The quantitative estimate of drug-likeness (QED) is 0.736. The fourth-order valence-corrected chi connectivity index (χ4v) is 2.55. The van der Waals surface area contributed by atoms with E-state index in [1.165, 1.54) is 32.1 Å². The third-order valence-electron chi connectivity index (χ3n) is 3.69. The molecule has 1 unspecified atom stereocenters. The molecule has 0 saturated heterocycles. The SMILES string of the molecule is CC(C#N)CN(C)C(=O)CCC1CCCCC1. The Kier molecular flexibility index (Phi) is 6.04. The first kappa shape index (κ1) is 14.0. The summed E-state index contributed by atoms with van der Waals surface area (Å²) in [7, 11) is 1.80. The summed E-state index contributed by atoms with van der Waals surface area (Å²) >= 11 is 0. The molecule has 0 aromatic rings. The number of amides is 1. The van der Waals surface area contributed by atoms with Crippen molar-refractivity contribution in [2.24, 2.45) is 11.8 Å². The lowest BCUT2D eigenvalue weighted by Crippen LogP contribution is -2.30. The smallest absolute Gasteiger partial charge is 0.222 e. The Balaban J connectivity index is 2.21. The molecule has 0 bridgehead atoms. The molecule has 0 spiro atoms. The van der Waals surface area contributed by atoms with E-state index in [1.807, 2.05) is 6.92 Å². The molecule has 1 aliphatic rings. The zero-order valence-electron chi connectivity index (χ0n) is 11.1. The maximum absolute atomic E-state index is 11.9. The van der Waals surface area contributed by atoms with Crippen molar-refractivity contribution in [1.82, 2.24) is 4.90 Å². The van der Waals surface area contributed by atoms with Crippen LogP contribution in [0.1, 0.15) is 51.9 Å². The largest absolute Gasteiger partial charge is 0.344 e. The van der Waals surface area contributed by atoms with Crippen molar-refractivity contribution >= 4 is 5.91 Å². The molecule has 1 fully saturated rings. The molecule has 1 atom stereocenters. The Morgan fingerprint density at radius 1 is 1.41 bits per heavy atom. The molecule has 0 aliphatic heterocycles. The van der Waals surface area contributed by atoms with Gasteiger partial charge in [-0.05, 0) is 19.3 Å². The summed E-state index contributed by atoms with van der Waals surface area (Å²) in [5, 5.41) is 8.71. The fourth-order valence-electron chi connectivity index (χ4n) is 2.55. The van der Waals surface area contributed by atoms with Crippen molar-refractivity contribution in [1.29, 1.82) is 5.26 Å². The van der Waals surface area contributed by atoms with Crippen LogP contribution in [-0.2, 0) is 4.79 Å². The molecule has 96 valence electrons. The lowest BCUT2D eigenvalue weighted by atomic mass is 9.86. The van der Waals surface area contributed by atoms with Crippen molar-refractivity contribution in [2.45, 2.75) is 51.9 Å². The topological polar surface area (TPSA) is 44.1 Å². The van der Waals surface area contributed by atoms with Crippen molar-refractivity contribution in [3.63, 3.8) is 0 Å². The Morgan fingerprint density at radius 3 is 2.65 bits per heavy atom. The zero-order chi connectivity index (χ0) is 12.7. The van der Waals surface area contributed by atoms with Gasteiger partial charge >= 0.3 is 0 Å². The Labute approximate surface area is 105 Å². The number of hydrogen-bond acceptors (Lipinski definition) is 2. The van der Waals surface area contributed by atoms with Crippen molar-refractivity contribution in [3.05, 3.63) is 0 Å². The van der Waals surface area contributed by atoms with Gasteiger partial charge in [0.25, 0.3) is 0 Å². The predicted octanol–water partition coefficient (Wildman–Crippen LogP) is 2.96. The average molecular weight is 236 g/mol. The van der Waals surface area contributed by atoms with Gasteiger partial charge in [-0.25, -0.2) is 0 Å². The van der Waals surface area contributed by atoms with E-state index < -0.39 is 0 Å². The van der Waals surface area contributed by atoms with Gasteiger partial charge in [0.15, 0.2) is 0 Å². The standard InChI is InChI=1S/C14H24N2O/c1-12(10-15)11-16(2)14(17)9-8-13-6-4-3-5-7-13/h12-13H,3-9,11H2,1-2H3. The van der Waals surface area contributed by atoms with E-state index >= 15 is 0 Å². The van der Waals surface area contributed by atoms with E-state index in [4.69, 9.17) is 5.26 Å². The lowest BCUT2D eigenvalue weighted by Gasteiger charge is -2.23. The molecule has 0 aromatic heterocycles. The highest BCUT2D eigenvalue weighted by atomic mass is 16.2. The monoisotopic (exact) mass is 236 g/mol. The van der Waals surface area contributed by atoms with Crippen LogP contribution in [0.3, 0.4) is 0 Å². The molecule has 0 aromatic carbocycles. The van der Waals surface area contributed by atoms with Gasteiger partial charge in [-0.3, -0.25) is 4.79 Å². The van der Waals surface area contributed by atoms with Gasteiger partial charge in [0.05, 0.1) is 12.0 Å². The van der Waals surface area contributed by atoms with Crippen LogP contribution >= 0.6 is 0 Å². The first-order valence-electron chi connectivity index (χ1n) is 6.77. The zero-order valence-corrected chi connectivity index (χ0v) is 11.1. The number of hydrogen-bond donors (Lipinski definition) is 0. The first-order chi connectivity index (χ1) is 8.13. The van der Waals surface area contributed by atoms with Gasteiger partial charge in [-0.15, -0.1) is 0 Å². The van der Waals surface area contributed by atoms with E-state index in [0.29, 0.717) is 13.0 Å². The molecule has 1 rings (SSSR count). The van der Waals surface area contributed by atoms with Gasteiger partial charge in [0.2, 0.25) is 5.91 Å². The summed E-state index contributed by atoms with van der Waals surface area (Å²) in [4.78, 5) is 13.6. The summed E-state index contributed by atoms with van der Waals surface area (Å²) in [6, 6.07) is 2.16. The highest BCUT2D eigenvalue weighted by Crippen LogP contribution is 2.27. The lowest BCUT2D eigenvalue weighted by molar-refractivity contribution is -0.130. The van der Waals surface area contributed by atoms with Crippen LogP contribution in [-0.4, -0.2) is 24.4 Å². The van der Waals surface area contributed by atoms with Crippen LogP contribution < -0.4 is 0 Å². The van der Waals surface area contributed by atoms with Crippen molar-refractivity contribution in [2.75, 3.05) is 13.6 Å². The fraction of sp³-hybridized carbons (Fsp3) is 0.857. The summed E-state index contributed by atoms with van der Waals surface area (Å²) < 4.78 is 0. The van der Waals surface area contributed by atoms with E-state index in [-0.39, 0.29) is 11.8 Å². The molecule has 3 nitrogen and oxygen atoms in total. The number of carbonyl (C=O) groups is 1. The van der Waals surface area contributed by atoms with Crippen LogP contribution in [0.4, 0.5) is 0 Å². The van der Waals surface area contributed by atoms with E-state index in [9.17, 15) is 4.79 Å². The minimum absolute atomic E-state index is 0.0707. The van der Waals surface area contributed by atoms with Crippen molar-refractivity contribution in [3.8, 4) is 6.07 Å². The van der Waals surface area contributed by atoms with E-state index in [0.717, 1.165) is 12.3 Å². The number of rotatable bonds is 5. The van der Waals surface area contributed by atoms with Crippen LogP contribution in [0.15, 0.2) is 0 Å². The van der Waals surface area contributed by atoms with E-state index in [2.05, 4.69) is 6.07 Å². The Bertz CT molecular complexity index is 276. The number of carbonyl (C=O) groups excluding carboxylic acids is 1. The van der Waals surface area contributed by atoms with Crippen LogP contribution in [0.2, 0.25) is 0 Å². The molecular weight excluding hydrogens is 212 g/mol. The van der Waals surface area contributed by atoms with Crippen LogP contribution in [0.25, 0.3) is 0 Å². The Hall–Kier alpha value is -1.04. The maximum atomic E-state index is 11.9. The Morgan fingerprint density at radius 2 is 2.06 bits per heavy atom. The average Bonchev–Trinajstić information content (AvgIpc) is 2.36. The number of nitrogens with zero attached hydrogens (tertiary/aromatic N) is 2. The second kappa shape index (κ2) is 7.32. The maximum Gasteiger partial charge on any atom is 0.222 e. The summed E-state index contributed by atoms with van der Waals surface area (Å²) in [5.74, 6) is 0.880. The van der Waals surface area contributed by atoms with Gasteiger partial charge < -0.3 is 4.90 Å². The van der Waals surface area contributed by atoms with Gasteiger partial charge in [-0.2, -0.15) is 5.26 Å². The minimum Gasteiger partial charge on any atom is -0.344 e. The predicted molar refractivity (Wildman–Crippen MR) is 68.2 cm³/mol. The molecule has 1 aliphatic carbocycles. The third-order valence-corrected chi connectivity index (χ3v) is 3.69. The third kappa shape index (κ3) is 5.21. The molecule has 17 heavy (non-hydrogen) atoms. The van der Waals surface area contributed by atoms with Crippen LogP contribution in [0, 0.1) is 23.2 Å². The molecule has 0 radical (unpaired) electrons.